The van der Waals surface area contributed by atoms with E-state index in [1.165, 1.54) is 14.2 Å². The Morgan fingerprint density at radius 1 is 1.00 bits per heavy atom. The standard InChI is InChI=1S/C22H17N3O4/c1-28-21(26)18-15(12-23)20-24-16-10-6-7-11-17(16)25(20,19(18)22(27)29-2)13-14-8-4-3-5-9-14/h3-11H,13H2,1-2H3/p+1. The summed E-state index contributed by atoms with van der Waals surface area (Å²) in [5, 5.41) is 13.2. The number of esters is 2. The van der Waals surface area contributed by atoms with E-state index < -0.39 is 11.9 Å². The fourth-order valence-corrected chi connectivity index (χ4v) is 4.03. The third kappa shape index (κ3) is 2.54. The van der Waals surface area contributed by atoms with E-state index in [-0.39, 0.29) is 21.3 Å². The molecule has 2 aromatic carbocycles. The summed E-state index contributed by atoms with van der Waals surface area (Å²) in [5.74, 6) is -1.00. The van der Waals surface area contributed by atoms with E-state index in [1.807, 2.05) is 54.6 Å². The molecule has 0 radical (unpaired) electrons. The van der Waals surface area contributed by atoms with Crippen LogP contribution in [-0.4, -0.2) is 26.2 Å². The summed E-state index contributed by atoms with van der Waals surface area (Å²) < 4.78 is 9.83. The average molecular weight is 388 g/mol. The zero-order valence-electron chi connectivity index (χ0n) is 15.9. The molecule has 7 heteroatoms. The van der Waals surface area contributed by atoms with Gasteiger partial charge in [-0.15, -0.1) is 0 Å². The van der Waals surface area contributed by atoms with Gasteiger partial charge in [0.2, 0.25) is 11.5 Å². The second-order valence-electron chi connectivity index (χ2n) is 6.64. The minimum atomic E-state index is -0.756. The lowest BCUT2D eigenvalue weighted by Crippen LogP contribution is -2.46. The number of hydrogen-bond donors (Lipinski definition) is 1. The van der Waals surface area contributed by atoms with Crippen LogP contribution >= 0.6 is 0 Å². The predicted molar refractivity (Wildman–Crippen MR) is 106 cm³/mol. The molecule has 1 unspecified atom stereocenters. The quantitative estimate of drug-likeness (QED) is 0.640. The maximum atomic E-state index is 13.0. The number of carbonyl (C=O) groups is 2. The van der Waals surface area contributed by atoms with Gasteiger partial charge in [0.05, 0.1) is 14.2 Å². The molecule has 7 nitrogen and oxygen atoms in total. The van der Waals surface area contributed by atoms with Crippen LogP contribution in [0.5, 0.6) is 0 Å². The first-order chi connectivity index (χ1) is 14.1. The minimum absolute atomic E-state index is 0.0622. The molecule has 2 heterocycles. The fourth-order valence-electron chi connectivity index (χ4n) is 4.03. The number of rotatable bonds is 4. The Labute approximate surface area is 167 Å². The molecule has 4 rings (SSSR count). The van der Waals surface area contributed by atoms with Crippen molar-refractivity contribution in [2.45, 2.75) is 6.54 Å². The summed E-state index contributed by atoms with van der Waals surface area (Å²) in [6, 6.07) is 19.1. The molecule has 0 aliphatic carbocycles. The number of carbonyl (C=O) groups excluding carboxylic acids is 2. The van der Waals surface area contributed by atoms with E-state index >= 15 is 0 Å². The average Bonchev–Trinajstić information content (AvgIpc) is 3.21. The van der Waals surface area contributed by atoms with Crippen LogP contribution in [0.3, 0.4) is 0 Å². The van der Waals surface area contributed by atoms with Crippen LogP contribution in [0.1, 0.15) is 5.56 Å². The molecule has 0 aromatic heterocycles. The van der Waals surface area contributed by atoms with Crippen molar-refractivity contribution in [1.29, 1.82) is 5.26 Å². The molecule has 2 aliphatic rings. The first-order valence-electron chi connectivity index (χ1n) is 8.94. The number of methoxy groups -OCH3 is 2. The van der Waals surface area contributed by atoms with Gasteiger partial charge in [0.1, 0.15) is 18.3 Å². The normalized spacial score (nSPS) is 19.2. The highest BCUT2D eigenvalue weighted by atomic mass is 16.5. The Hall–Kier alpha value is -3.89. The third-order valence-corrected chi connectivity index (χ3v) is 5.20. The largest absolute Gasteiger partial charge is 0.465 e. The molecule has 1 atom stereocenters. The monoisotopic (exact) mass is 388 g/mol. The van der Waals surface area contributed by atoms with Crippen molar-refractivity contribution in [1.82, 2.24) is 4.48 Å². The molecule has 2 aromatic rings. The van der Waals surface area contributed by atoms with Gasteiger partial charge in [0.15, 0.2) is 16.8 Å². The van der Waals surface area contributed by atoms with Crippen LogP contribution in [0, 0.1) is 11.3 Å². The first-order valence-corrected chi connectivity index (χ1v) is 8.94. The summed E-state index contributed by atoms with van der Waals surface area (Å²) in [7, 11) is 2.47. The molecule has 0 bridgehead atoms. The fraction of sp³-hybridized carbons (Fsp3) is 0.136. The molecule has 144 valence electrons. The maximum Gasteiger partial charge on any atom is 0.394 e. The van der Waals surface area contributed by atoms with Crippen LogP contribution in [-0.2, 0) is 25.6 Å². The smallest absolute Gasteiger partial charge is 0.394 e. The van der Waals surface area contributed by atoms with Gasteiger partial charge in [-0.25, -0.2) is 9.59 Å². The number of benzene rings is 2. The van der Waals surface area contributed by atoms with Crippen molar-refractivity contribution in [3.05, 3.63) is 82.8 Å². The van der Waals surface area contributed by atoms with Gasteiger partial charge in [-0.1, -0.05) is 42.5 Å². The summed E-state index contributed by atoms with van der Waals surface area (Å²) in [6.07, 6.45) is 0. The van der Waals surface area contributed by atoms with E-state index in [1.54, 1.807) is 0 Å². The molecule has 0 spiro atoms. The van der Waals surface area contributed by atoms with Gasteiger partial charge in [0, 0.05) is 11.6 Å². The Morgan fingerprint density at radius 2 is 1.66 bits per heavy atom. The molecule has 0 saturated carbocycles. The van der Waals surface area contributed by atoms with Crippen LogP contribution in [0.25, 0.3) is 0 Å². The predicted octanol–water partition coefficient (Wildman–Crippen LogP) is 2.97. The Kier molecular flexibility index (Phi) is 4.41. The summed E-state index contributed by atoms with van der Waals surface area (Å²) in [6.45, 7) is 0.316. The summed E-state index contributed by atoms with van der Waals surface area (Å²) >= 11 is 0. The molecule has 0 fully saturated rings. The summed E-state index contributed by atoms with van der Waals surface area (Å²) in [5.41, 5.74) is 2.49. The Bertz CT molecular complexity index is 1130. The summed E-state index contributed by atoms with van der Waals surface area (Å²) in [4.78, 5) is 25.6. The zero-order valence-corrected chi connectivity index (χ0v) is 15.9. The van der Waals surface area contributed by atoms with Gasteiger partial charge in [-0.05, 0) is 6.07 Å². The molecule has 1 N–H and O–H groups in total. The number of fused-ring (bicyclic) bond motifs is 3. The second kappa shape index (κ2) is 6.93. The zero-order chi connectivity index (χ0) is 20.6. The van der Waals surface area contributed by atoms with E-state index in [2.05, 4.69) is 11.4 Å². The van der Waals surface area contributed by atoms with Crippen LogP contribution < -0.4 is 9.80 Å². The number of quaternary nitrogens is 1. The van der Waals surface area contributed by atoms with Gasteiger partial charge < -0.3 is 14.8 Å². The van der Waals surface area contributed by atoms with Gasteiger partial charge >= 0.3 is 11.9 Å². The second-order valence-corrected chi connectivity index (χ2v) is 6.64. The number of anilines is 1. The van der Waals surface area contributed by atoms with E-state index in [0.29, 0.717) is 12.4 Å². The van der Waals surface area contributed by atoms with Crippen molar-refractivity contribution >= 4 is 23.3 Å². The number of nitrogens with one attached hydrogen (secondary N) is 1. The molecule has 0 amide bonds. The lowest BCUT2D eigenvalue weighted by atomic mass is 10.1. The highest BCUT2D eigenvalue weighted by Gasteiger charge is 2.60. The van der Waals surface area contributed by atoms with Crippen molar-refractivity contribution in [3.8, 4) is 6.07 Å². The lowest BCUT2D eigenvalue weighted by molar-refractivity contribution is -0.140. The van der Waals surface area contributed by atoms with E-state index in [4.69, 9.17) is 9.47 Å². The van der Waals surface area contributed by atoms with Crippen molar-refractivity contribution in [2.75, 3.05) is 19.5 Å². The Balaban J connectivity index is 2.09. The van der Waals surface area contributed by atoms with Crippen LogP contribution in [0.15, 0.2) is 77.3 Å². The number of ether oxygens (including phenoxy) is 2. The molecule has 0 saturated heterocycles. The number of para-hydroxylation sites is 2. The molecular formula is C22H18N3O4+. The highest BCUT2D eigenvalue weighted by molar-refractivity contribution is 6.10. The maximum absolute atomic E-state index is 13.0. The lowest BCUT2D eigenvalue weighted by Gasteiger charge is -2.31. The van der Waals surface area contributed by atoms with Gasteiger partial charge in [0.25, 0.3) is 0 Å². The minimum Gasteiger partial charge on any atom is -0.465 e. The van der Waals surface area contributed by atoms with Crippen molar-refractivity contribution in [3.63, 3.8) is 0 Å². The van der Waals surface area contributed by atoms with Crippen LogP contribution in [0.2, 0.25) is 0 Å². The van der Waals surface area contributed by atoms with Crippen molar-refractivity contribution < 1.29 is 19.1 Å². The number of nitriles is 1. The van der Waals surface area contributed by atoms with E-state index in [9.17, 15) is 14.9 Å². The third-order valence-electron chi connectivity index (χ3n) is 5.20. The first kappa shape index (κ1) is 18.5. The van der Waals surface area contributed by atoms with E-state index in [0.717, 1.165) is 16.9 Å². The SMILES string of the molecule is COC(=O)C1=C(C(=O)OC)[N+]2(Cc3ccccc3)C(=C1C#N)Nc1ccccc12. The number of hydrogen-bond acceptors (Lipinski definition) is 6. The topological polar surface area (TPSA) is 88.4 Å². The van der Waals surface area contributed by atoms with Gasteiger partial charge in [-0.3, -0.25) is 0 Å². The molecule has 29 heavy (non-hydrogen) atoms. The van der Waals surface area contributed by atoms with Crippen molar-refractivity contribution in [2.24, 2.45) is 0 Å². The Morgan fingerprint density at radius 3 is 2.31 bits per heavy atom. The van der Waals surface area contributed by atoms with Crippen LogP contribution in [0.4, 0.5) is 11.4 Å². The highest BCUT2D eigenvalue weighted by Crippen LogP contribution is 2.54. The molecular weight excluding hydrogens is 370 g/mol. The molecule has 2 aliphatic heterocycles. The van der Waals surface area contributed by atoms with Gasteiger partial charge in [-0.2, -0.15) is 9.74 Å². The number of nitrogens with zero attached hydrogens (tertiary/aromatic N) is 2.